The quantitative estimate of drug-likeness (QED) is 0.528. The molecule has 0 atom stereocenters. The van der Waals surface area contributed by atoms with Gasteiger partial charge in [0, 0.05) is 0 Å². The number of hydrogen-bond acceptors (Lipinski definition) is 3. The Morgan fingerprint density at radius 2 is 2.00 bits per heavy atom. The maximum absolute atomic E-state index is 11.7. The summed E-state index contributed by atoms with van der Waals surface area (Å²) in [5.74, 6) is 0. The minimum Gasteiger partial charge on any atom is -0.262 e. The van der Waals surface area contributed by atoms with Crippen molar-refractivity contribution in [2.45, 2.75) is 6.18 Å². The summed E-state index contributed by atoms with van der Waals surface area (Å²) in [6, 6.07) is 0. The van der Waals surface area contributed by atoms with Crippen LogP contribution < -0.4 is 0 Å². The molecule has 0 aliphatic carbocycles. The standard InChI is InChI=1S/C4H3F3O3S/c5-4(6,7)3-1-2-10-11(3,8)9/h1H,2H2. The Balaban J connectivity index is 3.09. The van der Waals surface area contributed by atoms with Gasteiger partial charge in [0.05, 0.1) is 6.61 Å². The highest BCUT2D eigenvalue weighted by atomic mass is 32.2. The summed E-state index contributed by atoms with van der Waals surface area (Å²) in [5.41, 5.74) is 0. The summed E-state index contributed by atoms with van der Waals surface area (Å²) in [5, 5.41) is 0. The molecule has 0 bridgehead atoms. The van der Waals surface area contributed by atoms with E-state index in [9.17, 15) is 21.6 Å². The molecule has 0 radical (unpaired) electrons. The number of allylic oxidation sites excluding steroid dienone is 1. The number of hydrogen-bond donors (Lipinski definition) is 0. The number of alkyl halides is 3. The summed E-state index contributed by atoms with van der Waals surface area (Å²) in [6.45, 7) is -0.531. The van der Waals surface area contributed by atoms with Gasteiger partial charge in [-0.05, 0) is 6.08 Å². The van der Waals surface area contributed by atoms with Crippen LogP contribution in [0.1, 0.15) is 0 Å². The number of rotatable bonds is 0. The van der Waals surface area contributed by atoms with Gasteiger partial charge in [-0.3, -0.25) is 4.18 Å². The monoisotopic (exact) mass is 188 g/mol. The SMILES string of the molecule is O=S1(=O)OCC=C1C(F)(F)F. The van der Waals surface area contributed by atoms with Gasteiger partial charge in [0.2, 0.25) is 0 Å². The molecule has 0 aromatic heterocycles. The third kappa shape index (κ3) is 1.54. The third-order valence-electron chi connectivity index (χ3n) is 1.04. The molecule has 0 aromatic rings. The van der Waals surface area contributed by atoms with Crippen molar-refractivity contribution >= 4 is 10.1 Å². The molecule has 1 heterocycles. The lowest BCUT2D eigenvalue weighted by Crippen LogP contribution is -2.17. The molecule has 1 aliphatic rings. The van der Waals surface area contributed by atoms with Gasteiger partial charge < -0.3 is 0 Å². The Bertz CT molecular complexity index is 286. The molecule has 0 amide bonds. The van der Waals surface area contributed by atoms with Crippen LogP contribution in [0.5, 0.6) is 0 Å². The van der Waals surface area contributed by atoms with Crippen LogP contribution in [0.4, 0.5) is 13.2 Å². The summed E-state index contributed by atoms with van der Waals surface area (Å²) >= 11 is 0. The van der Waals surface area contributed by atoms with Gasteiger partial charge >= 0.3 is 16.3 Å². The van der Waals surface area contributed by atoms with E-state index in [4.69, 9.17) is 0 Å². The smallest absolute Gasteiger partial charge is 0.262 e. The van der Waals surface area contributed by atoms with Crippen LogP contribution in [0.2, 0.25) is 0 Å². The van der Waals surface area contributed by atoms with Crippen molar-refractivity contribution in [3.05, 3.63) is 11.0 Å². The molecule has 11 heavy (non-hydrogen) atoms. The first kappa shape index (κ1) is 8.54. The second-order valence-electron chi connectivity index (χ2n) is 1.80. The van der Waals surface area contributed by atoms with Crippen LogP contribution in [-0.4, -0.2) is 21.2 Å². The minimum atomic E-state index is -4.84. The van der Waals surface area contributed by atoms with Gasteiger partial charge in [0.25, 0.3) is 0 Å². The molecular formula is C4H3F3O3S. The van der Waals surface area contributed by atoms with Crippen molar-refractivity contribution in [3.8, 4) is 0 Å². The fourth-order valence-corrected chi connectivity index (χ4v) is 1.55. The lowest BCUT2D eigenvalue weighted by atomic mass is 10.5. The molecule has 1 aliphatic heterocycles. The van der Waals surface area contributed by atoms with Gasteiger partial charge in [0.15, 0.2) is 4.91 Å². The van der Waals surface area contributed by atoms with E-state index in [1.807, 2.05) is 0 Å². The van der Waals surface area contributed by atoms with Crippen molar-refractivity contribution in [2.75, 3.05) is 6.61 Å². The van der Waals surface area contributed by atoms with Crippen molar-refractivity contribution in [1.29, 1.82) is 0 Å². The highest BCUT2D eigenvalue weighted by molar-refractivity contribution is 7.91. The van der Waals surface area contributed by atoms with E-state index in [2.05, 4.69) is 4.18 Å². The predicted octanol–water partition coefficient (Wildman–Crippen LogP) is 0.793. The summed E-state index contributed by atoms with van der Waals surface area (Å²) in [7, 11) is -4.51. The maximum Gasteiger partial charge on any atom is 0.429 e. The second-order valence-corrected chi connectivity index (χ2v) is 3.39. The van der Waals surface area contributed by atoms with E-state index in [0.29, 0.717) is 6.08 Å². The van der Waals surface area contributed by atoms with Gasteiger partial charge in [-0.25, -0.2) is 0 Å². The maximum atomic E-state index is 11.7. The first-order valence-corrected chi connectivity index (χ1v) is 3.91. The Morgan fingerprint density at radius 3 is 2.18 bits per heavy atom. The fourth-order valence-electron chi connectivity index (χ4n) is 0.622. The Morgan fingerprint density at radius 1 is 1.45 bits per heavy atom. The molecule has 0 saturated carbocycles. The predicted molar refractivity (Wildman–Crippen MR) is 29.0 cm³/mol. The third-order valence-corrected chi connectivity index (χ3v) is 2.42. The van der Waals surface area contributed by atoms with Crippen LogP contribution in [0.15, 0.2) is 11.0 Å². The van der Waals surface area contributed by atoms with Crippen LogP contribution in [0.3, 0.4) is 0 Å². The fraction of sp³-hybridized carbons (Fsp3) is 0.500. The molecular weight excluding hydrogens is 185 g/mol. The highest BCUT2D eigenvalue weighted by Gasteiger charge is 2.45. The van der Waals surface area contributed by atoms with E-state index in [1.165, 1.54) is 0 Å². The molecule has 0 saturated heterocycles. The van der Waals surface area contributed by atoms with Gasteiger partial charge in [-0.1, -0.05) is 0 Å². The second kappa shape index (κ2) is 2.21. The van der Waals surface area contributed by atoms with Crippen molar-refractivity contribution < 1.29 is 25.8 Å². The molecule has 0 unspecified atom stereocenters. The zero-order valence-electron chi connectivity index (χ0n) is 5.05. The van der Waals surface area contributed by atoms with E-state index < -0.39 is 27.8 Å². The van der Waals surface area contributed by atoms with Crippen molar-refractivity contribution in [2.24, 2.45) is 0 Å². The lowest BCUT2D eigenvalue weighted by molar-refractivity contribution is -0.0844. The molecule has 0 N–H and O–H groups in total. The summed E-state index contributed by atoms with van der Waals surface area (Å²) in [4.78, 5) is -1.61. The summed E-state index contributed by atoms with van der Waals surface area (Å²) < 4.78 is 59.8. The van der Waals surface area contributed by atoms with Gasteiger partial charge in [-0.15, -0.1) is 0 Å². The largest absolute Gasteiger partial charge is 0.429 e. The molecule has 3 nitrogen and oxygen atoms in total. The van der Waals surface area contributed by atoms with Gasteiger partial charge in [0.1, 0.15) is 0 Å². The molecule has 1 rings (SSSR count). The Kier molecular flexibility index (Phi) is 1.72. The van der Waals surface area contributed by atoms with E-state index in [0.717, 1.165) is 0 Å². The highest BCUT2D eigenvalue weighted by Crippen LogP contribution is 2.33. The van der Waals surface area contributed by atoms with Crippen LogP contribution in [0.25, 0.3) is 0 Å². The molecule has 64 valence electrons. The Labute approximate surface area is 60.6 Å². The first-order valence-electron chi connectivity index (χ1n) is 2.51. The molecule has 0 aromatic carbocycles. The summed E-state index contributed by atoms with van der Waals surface area (Å²) in [6.07, 6.45) is -4.34. The normalized spacial score (nSPS) is 23.4. The molecule has 0 fully saturated rings. The first-order chi connectivity index (χ1) is 4.84. The number of halogens is 3. The van der Waals surface area contributed by atoms with E-state index in [-0.39, 0.29) is 0 Å². The average molecular weight is 188 g/mol. The van der Waals surface area contributed by atoms with E-state index >= 15 is 0 Å². The van der Waals surface area contributed by atoms with Crippen LogP contribution in [0, 0.1) is 0 Å². The van der Waals surface area contributed by atoms with Crippen LogP contribution >= 0.6 is 0 Å². The Hall–Kier alpha value is -0.560. The minimum absolute atomic E-state index is 0.495. The topological polar surface area (TPSA) is 43.4 Å². The lowest BCUT2D eigenvalue weighted by Gasteiger charge is -2.04. The molecule has 0 spiro atoms. The van der Waals surface area contributed by atoms with Crippen molar-refractivity contribution in [3.63, 3.8) is 0 Å². The van der Waals surface area contributed by atoms with Crippen LogP contribution in [-0.2, 0) is 14.3 Å². The average Bonchev–Trinajstić information content (AvgIpc) is 2.06. The molecule has 7 heteroatoms. The van der Waals surface area contributed by atoms with Crippen molar-refractivity contribution in [1.82, 2.24) is 0 Å². The van der Waals surface area contributed by atoms with E-state index in [1.54, 1.807) is 0 Å². The zero-order valence-corrected chi connectivity index (χ0v) is 5.87. The van der Waals surface area contributed by atoms with Gasteiger partial charge in [-0.2, -0.15) is 21.6 Å². The zero-order chi connectivity index (χ0) is 8.70.